The smallest absolute Gasteiger partial charge is 0.235 e. The number of nitrogens with two attached hydrogens (primary N) is 1. The minimum Gasteiger partial charge on any atom is -0.368 e. The van der Waals surface area contributed by atoms with Crippen molar-refractivity contribution in [1.29, 1.82) is 0 Å². The van der Waals surface area contributed by atoms with Gasteiger partial charge in [-0.3, -0.25) is 14.5 Å². The Kier molecular flexibility index (Phi) is 4.43. The van der Waals surface area contributed by atoms with Gasteiger partial charge in [0.05, 0.1) is 12.6 Å². The number of carbonyl (C=O) groups excluding carboxylic acids is 2. The maximum absolute atomic E-state index is 12.2. The molecule has 0 spiro atoms. The molecule has 22 heavy (non-hydrogen) atoms. The van der Waals surface area contributed by atoms with Gasteiger partial charge in [-0.25, -0.2) is 0 Å². The fraction of sp³-hybridized carbons (Fsp3) is 0.529. The van der Waals surface area contributed by atoms with Crippen molar-refractivity contribution >= 4 is 11.8 Å². The first-order valence-electron chi connectivity index (χ1n) is 8.03. The number of amides is 2. The zero-order valence-corrected chi connectivity index (χ0v) is 12.8. The zero-order chi connectivity index (χ0) is 15.5. The number of hydrogen-bond donors (Lipinski definition) is 2. The molecular formula is C17H23N3O2. The van der Waals surface area contributed by atoms with Crippen molar-refractivity contribution in [2.75, 3.05) is 6.54 Å². The molecule has 3 rings (SSSR count). The second-order valence-corrected chi connectivity index (χ2v) is 6.34. The molecule has 3 N–H and O–H groups in total. The lowest BCUT2D eigenvalue weighted by Crippen LogP contribution is -2.52. The summed E-state index contributed by atoms with van der Waals surface area (Å²) in [5, 5.41) is 3.08. The van der Waals surface area contributed by atoms with E-state index in [0.717, 1.165) is 18.4 Å². The Bertz CT molecular complexity index is 567. The molecule has 2 aliphatic rings. The number of fused-ring (bicyclic) bond motifs is 1. The van der Waals surface area contributed by atoms with E-state index in [0.29, 0.717) is 19.0 Å². The van der Waals surface area contributed by atoms with Crippen LogP contribution in [0.4, 0.5) is 0 Å². The van der Waals surface area contributed by atoms with Gasteiger partial charge in [-0.15, -0.1) is 0 Å². The van der Waals surface area contributed by atoms with Crippen molar-refractivity contribution < 1.29 is 9.59 Å². The monoisotopic (exact) mass is 301 g/mol. The Morgan fingerprint density at radius 1 is 1.18 bits per heavy atom. The quantitative estimate of drug-likeness (QED) is 0.869. The average molecular weight is 301 g/mol. The predicted molar refractivity (Wildman–Crippen MR) is 83.9 cm³/mol. The van der Waals surface area contributed by atoms with E-state index in [2.05, 4.69) is 11.4 Å². The topological polar surface area (TPSA) is 75.4 Å². The Morgan fingerprint density at radius 3 is 2.55 bits per heavy atom. The molecule has 118 valence electrons. The van der Waals surface area contributed by atoms with E-state index in [1.165, 1.54) is 18.4 Å². The first kappa shape index (κ1) is 15.0. The van der Waals surface area contributed by atoms with E-state index in [-0.39, 0.29) is 18.4 Å². The molecule has 1 aliphatic heterocycles. The third-order valence-corrected chi connectivity index (χ3v) is 4.74. The van der Waals surface area contributed by atoms with Gasteiger partial charge < -0.3 is 11.1 Å². The number of benzene rings is 1. The van der Waals surface area contributed by atoms with Crippen LogP contribution >= 0.6 is 0 Å². The maximum Gasteiger partial charge on any atom is 0.235 e. The summed E-state index contributed by atoms with van der Waals surface area (Å²) in [6, 6.07) is 7.94. The number of carbonyl (C=O) groups is 2. The molecule has 1 aliphatic carbocycles. The van der Waals surface area contributed by atoms with Gasteiger partial charge in [0.2, 0.25) is 11.8 Å². The SMILES string of the molecule is NC(=O)[C@@H]1Cc2ccccc2CN1CC(=O)NC1CCCC1. The minimum atomic E-state index is -0.399. The molecule has 1 heterocycles. The minimum absolute atomic E-state index is 0.00229. The normalized spacial score (nSPS) is 22.3. The Balaban J connectivity index is 1.67. The average Bonchev–Trinajstić information content (AvgIpc) is 2.99. The van der Waals surface area contributed by atoms with E-state index in [4.69, 9.17) is 5.73 Å². The Labute approximate surface area is 130 Å². The number of rotatable bonds is 4. The lowest BCUT2D eigenvalue weighted by Gasteiger charge is -2.34. The molecule has 0 bridgehead atoms. The molecule has 0 aromatic heterocycles. The van der Waals surface area contributed by atoms with E-state index in [1.54, 1.807) is 0 Å². The van der Waals surface area contributed by atoms with Crippen molar-refractivity contribution in [3.05, 3.63) is 35.4 Å². The van der Waals surface area contributed by atoms with Gasteiger partial charge in [0, 0.05) is 12.6 Å². The van der Waals surface area contributed by atoms with Gasteiger partial charge >= 0.3 is 0 Å². The molecule has 1 aromatic carbocycles. The lowest BCUT2D eigenvalue weighted by molar-refractivity contribution is -0.128. The van der Waals surface area contributed by atoms with E-state index in [1.807, 2.05) is 23.1 Å². The van der Waals surface area contributed by atoms with Gasteiger partial charge in [0.25, 0.3) is 0 Å². The highest BCUT2D eigenvalue weighted by molar-refractivity contribution is 5.83. The Hall–Kier alpha value is -1.88. The zero-order valence-electron chi connectivity index (χ0n) is 12.8. The molecule has 1 aromatic rings. The summed E-state index contributed by atoms with van der Waals surface area (Å²) in [4.78, 5) is 25.9. The summed E-state index contributed by atoms with van der Waals surface area (Å²) in [6.45, 7) is 0.834. The van der Waals surface area contributed by atoms with Crippen LogP contribution in [0.3, 0.4) is 0 Å². The molecule has 0 radical (unpaired) electrons. The second-order valence-electron chi connectivity index (χ2n) is 6.34. The van der Waals surface area contributed by atoms with Gasteiger partial charge in [-0.1, -0.05) is 37.1 Å². The molecule has 1 fully saturated rings. The molecule has 0 saturated heterocycles. The summed E-state index contributed by atoms with van der Waals surface area (Å²) >= 11 is 0. The second kappa shape index (κ2) is 6.48. The first-order valence-corrected chi connectivity index (χ1v) is 8.03. The van der Waals surface area contributed by atoms with Crippen LogP contribution in [0.1, 0.15) is 36.8 Å². The number of nitrogens with zero attached hydrogens (tertiary/aromatic N) is 1. The summed E-state index contributed by atoms with van der Waals surface area (Å²) < 4.78 is 0. The maximum atomic E-state index is 12.2. The first-order chi connectivity index (χ1) is 10.6. The highest BCUT2D eigenvalue weighted by Gasteiger charge is 2.31. The van der Waals surface area contributed by atoms with Crippen molar-refractivity contribution in [2.45, 2.75) is 50.7 Å². The predicted octanol–water partition coefficient (Wildman–Crippen LogP) is 0.957. The number of nitrogens with one attached hydrogen (secondary N) is 1. The van der Waals surface area contributed by atoms with Crippen LogP contribution in [-0.4, -0.2) is 35.3 Å². The highest BCUT2D eigenvalue weighted by atomic mass is 16.2. The van der Waals surface area contributed by atoms with Crippen molar-refractivity contribution in [2.24, 2.45) is 5.73 Å². The van der Waals surface area contributed by atoms with Crippen LogP contribution in [0.2, 0.25) is 0 Å². The van der Waals surface area contributed by atoms with Gasteiger partial charge in [-0.2, -0.15) is 0 Å². The molecule has 1 atom stereocenters. The number of hydrogen-bond acceptors (Lipinski definition) is 3. The molecule has 5 nitrogen and oxygen atoms in total. The third kappa shape index (κ3) is 3.30. The summed E-state index contributed by atoms with van der Waals surface area (Å²) in [6.07, 6.45) is 5.09. The summed E-state index contributed by atoms with van der Waals surface area (Å²) in [5.41, 5.74) is 7.87. The van der Waals surface area contributed by atoms with Gasteiger partial charge in [0.1, 0.15) is 0 Å². The van der Waals surface area contributed by atoms with E-state index >= 15 is 0 Å². The van der Waals surface area contributed by atoms with Crippen molar-refractivity contribution in [3.63, 3.8) is 0 Å². The summed E-state index contributed by atoms with van der Waals surface area (Å²) in [5.74, 6) is -0.360. The molecular weight excluding hydrogens is 278 g/mol. The fourth-order valence-corrected chi connectivity index (χ4v) is 3.55. The standard InChI is InChI=1S/C17H23N3O2/c18-17(22)15-9-12-5-1-2-6-13(12)10-20(15)11-16(21)19-14-7-3-4-8-14/h1-2,5-6,14-15H,3-4,7-11H2,(H2,18,22)(H,19,21)/t15-/m0/s1. The van der Waals surface area contributed by atoms with Gasteiger partial charge in [-0.05, 0) is 30.4 Å². The van der Waals surface area contributed by atoms with Crippen molar-refractivity contribution in [1.82, 2.24) is 10.2 Å². The van der Waals surface area contributed by atoms with E-state index < -0.39 is 6.04 Å². The third-order valence-electron chi connectivity index (χ3n) is 4.74. The van der Waals surface area contributed by atoms with Crippen LogP contribution in [0.15, 0.2) is 24.3 Å². The molecule has 0 unspecified atom stereocenters. The lowest BCUT2D eigenvalue weighted by atomic mass is 9.93. The molecule has 1 saturated carbocycles. The van der Waals surface area contributed by atoms with E-state index in [9.17, 15) is 9.59 Å². The van der Waals surface area contributed by atoms with Crippen LogP contribution in [0.25, 0.3) is 0 Å². The van der Waals surface area contributed by atoms with Crippen molar-refractivity contribution in [3.8, 4) is 0 Å². The highest BCUT2D eigenvalue weighted by Crippen LogP contribution is 2.23. The van der Waals surface area contributed by atoms with Gasteiger partial charge in [0.15, 0.2) is 0 Å². The molecule has 2 amide bonds. The van der Waals surface area contributed by atoms with Crippen LogP contribution < -0.4 is 11.1 Å². The fourth-order valence-electron chi connectivity index (χ4n) is 3.55. The van der Waals surface area contributed by atoms with Crippen LogP contribution in [0.5, 0.6) is 0 Å². The molecule has 5 heteroatoms. The Morgan fingerprint density at radius 2 is 1.86 bits per heavy atom. The van der Waals surface area contributed by atoms with Crippen LogP contribution in [0, 0.1) is 0 Å². The van der Waals surface area contributed by atoms with Crippen LogP contribution in [-0.2, 0) is 22.6 Å². The summed E-state index contributed by atoms with van der Waals surface area (Å²) in [7, 11) is 0. The number of primary amides is 1. The largest absolute Gasteiger partial charge is 0.368 e.